The molecule has 1 aromatic rings. The van der Waals surface area contributed by atoms with Crippen molar-refractivity contribution in [3.63, 3.8) is 0 Å². The van der Waals surface area contributed by atoms with Crippen LogP contribution in [0.2, 0.25) is 0 Å². The van der Waals surface area contributed by atoms with Crippen LogP contribution in [-0.4, -0.2) is 43.0 Å². The van der Waals surface area contributed by atoms with Crippen LogP contribution in [0.25, 0.3) is 0 Å². The van der Waals surface area contributed by atoms with Gasteiger partial charge < -0.3 is 9.31 Å². The summed E-state index contributed by atoms with van der Waals surface area (Å²) in [4.78, 5) is 7.66. The Morgan fingerprint density at radius 1 is 1.05 bits per heavy atom. The lowest BCUT2D eigenvalue weighted by Crippen LogP contribution is -2.41. The van der Waals surface area contributed by atoms with Crippen molar-refractivity contribution in [2.45, 2.75) is 44.1 Å². The predicted octanol–water partition coefficient (Wildman–Crippen LogP) is 0.179. The maximum Gasteiger partial charge on any atom is 0.498 e. The summed E-state index contributed by atoms with van der Waals surface area (Å²) in [5.74, 6) is 0. The summed E-state index contributed by atoms with van der Waals surface area (Å²) in [5, 5.41) is -0.201. The quantitative estimate of drug-likeness (QED) is 0.569. The van der Waals surface area contributed by atoms with Gasteiger partial charge in [0.2, 0.25) is 15.0 Å². The second-order valence-corrected chi connectivity index (χ2v) is 7.57. The van der Waals surface area contributed by atoms with E-state index in [0.29, 0.717) is 5.46 Å². The molecule has 0 atom stereocenters. The summed E-state index contributed by atoms with van der Waals surface area (Å²) < 4.78 is 34.2. The smallest absolute Gasteiger partial charge is 0.399 e. The molecule has 1 aromatic heterocycles. The maximum absolute atomic E-state index is 11.3. The maximum atomic E-state index is 11.3. The van der Waals surface area contributed by atoms with E-state index in [-0.39, 0.29) is 5.16 Å². The van der Waals surface area contributed by atoms with Crippen molar-refractivity contribution >= 4 is 22.4 Å². The minimum absolute atomic E-state index is 0.201. The molecule has 2 heterocycles. The Hall–Kier alpha value is -0.985. The SMILES string of the molecule is CC1(C)OB(c2cnc(S(C)(=O)=O)nc2)OC1(C)C. The molecule has 104 valence electrons. The average molecular weight is 284 g/mol. The third-order valence-electron chi connectivity index (χ3n) is 3.51. The topological polar surface area (TPSA) is 78.4 Å². The predicted molar refractivity (Wildman–Crippen MR) is 70.9 cm³/mol. The van der Waals surface area contributed by atoms with E-state index in [4.69, 9.17) is 9.31 Å². The van der Waals surface area contributed by atoms with Crippen molar-refractivity contribution in [1.82, 2.24) is 9.97 Å². The highest BCUT2D eigenvalue weighted by Crippen LogP contribution is 2.36. The lowest BCUT2D eigenvalue weighted by molar-refractivity contribution is 0.00578. The highest BCUT2D eigenvalue weighted by molar-refractivity contribution is 7.90. The van der Waals surface area contributed by atoms with Gasteiger partial charge in [0.25, 0.3) is 0 Å². The molecule has 0 N–H and O–H groups in total. The van der Waals surface area contributed by atoms with Gasteiger partial charge in [0.15, 0.2) is 0 Å². The Morgan fingerprint density at radius 3 is 1.84 bits per heavy atom. The molecule has 0 saturated carbocycles. The molecule has 0 aliphatic carbocycles. The molecule has 1 aliphatic heterocycles. The molecule has 19 heavy (non-hydrogen) atoms. The van der Waals surface area contributed by atoms with Crippen LogP contribution in [0.4, 0.5) is 0 Å². The largest absolute Gasteiger partial charge is 0.498 e. The monoisotopic (exact) mass is 284 g/mol. The third kappa shape index (κ3) is 2.65. The van der Waals surface area contributed by atoms with Crippen LogP contribution >= 0.6 is 0 Å². The highest BCUT2D eigenvalue weighted by Gasteiger charge is 2.51. The molecule has 0 bridgehead atoms. The van der Waals surface area contributed by atoms with Crippen molar-refractivity contribution in [3.8, 4) is 0 Å². The molecule has 1 aliphatic rings. The number of sulfone groups is 1. The number of rotatable bonds is 2. The first kappa shape index (κ1) is 14.4. The van der Waals surface area contributed by atoms with Gasteiger partial charge in [0.05, 0.1) is 11.2 Å². The van der Waals surface area contributed by atoms with Gasteiger partial charge in [-0.25, -0.2) is 18.4 Å². The molecule has 2 rings (SSSR count). The Bertz CT molecular complexity index is 567. The fourth-order valence-corrected chi connectivity index (χ4v) is 2.11. The Kier molecular flexibility index (Phi) is 3.23. The second-order valence-electron chi connectivity index (χ2n) is 5.66. The zero-order valence-electron chi connectivity index (χ0n) is 11.7. The highest BCUT2D eigenvalue weighted by atomic mass is 32.2. The van der Waals surface area contributed by atoms with Gasteiger partial charge in [0.1, 0.15) is 0 Å². The molecule has 0 radical (unpaired) electrons. The van der Waals surface area contributed by atoms with Crippen LogP contribution in [-0.2, 0) is 19.1 Å². The Balaban J connectivity index is 2.26. The minimum atomic E-state index is -3.39. The molecule has 0 amide bonds. The summed E-state index contributed by atoms with van der Waals surface area (Å²) in [6, 6.07) is 0. The van der Waals surface area contributed by atoms with E-state index in [1.54, 1.807) is 0 Å². The Labute approximate surface area is 113 Å². The molecular weight excluding hydrogens is 267 g/mol. The summed E-state index contributed by atoms with van der Waals surface area (Å²) in [7, 11) is -3.98. The number of nitrogens with zero attached hydrogens (tertiary/aromatic N) is 2. The minimum Gasteiger partial charge on any atom is -0.399 e. The van der Waals surface area contributed by atoms with Crippen LogP contribution in [0.15, 0.2) is 17.6 Å². The lowest BCUT2D eigenvalue weighted by Gasteiger charge is -2.32. The van der Waals surface area contributed by atoms with E-state index in [2.05, 4.69) is 9.97 Å². The lowest BCUT2D eigenvalue weighted by atomic mass is 9.81. The van der Waals surface area contributed by atoms with Gasteiger partial charge in [-0.05, 0) is 27.7 Å². The first-order valence-corrected chi connectivity index (χ1v) is 7.80. The van der Waals surface area contributed by atoms with Crippen molar-refractivity contribution in [2.24, 2.45) is 0 Å². The van der Waals surface area contributed by atoms with E-state index < -0.39 is 28.2 Å². The van der Waals surface area contributed by atoms with Gasteiger partial charge in [-0.2, -0.15) is 0 Å². The molecule has 6 nitrogen and oxygen atoms in total. The van der Waals surface area contributed by atoms with Crippen molar-refractivity contribution in [3.05, 3.63) is 12.4 Å². The van der Waals surface area contributed by atoms with Crippen molar-refractivity contribution < 1.29 is 17.7 Å². The van der Waals surface area contributed by atoms with E-state index in [9.17, 15) is 8.42 Å². The van der Waals surface area contributed by atoms with Gasteiger partial charge in [-0.1, -0.05) is 0 Å². The molecule has 0 aromatic carbocycles. The molecule has 8 heteroatoms. The molecule has 1 saturated heterocycles. The van der Waals surface area contributed by atoms with Crippen LogP contribution in [0, 0.1) is 0 Å². The molecule has 0 spiro atoms. The summed E-state index contributed by atoms with van der Waals surface area (Å²) >= 11 is 0. The molecule has 0 unspecified atom stereocenters. The number of hydrogen-bond acceptors (Lipinski definition) is 6. The fourth-order valence-electron chi connectivity index (χ4n) is 1.62. The van der Waals surface area contributed by atoms with E-state index in [1.807, 2.05) is 27.7 Å². The van der Waals surface area contributed by atoms with Crippen LogP contribution in [0.5, 0.6) is 0 Å². The van der Waals surface area contributed by atoms with Crippen LogP contribution in [0.1, 0.15) is 27.7 Å². The summed E-state index contributed by atoms with van der Waals surface area (Å²) in [6.45, 7) is 7.77. The average Bonchev–Trinajstić information content (AvgIpc) is 2.47. The van der Waals surface area contributed by atoms with Gasteiger partial charge in [-0.15, -0.1) is 0 Å². The van der Waals surface area contributed by atoms with Crippen LogP contribution in [0.3, 0.4) is 0 Å². The van der Waals surface area contributed by atoms with Crippen molar-refractivity contribution in [1.29, 1.82) is 0 Å². The Morgan fingerprint density at radius 2 is 1.47 bits per heavy atom. The zero-order chi connectivity index (χ0) is 14.5. The van der Waals surface area contributed by atoms with Gasteiger partial charge in [0, 0.05) is 24.1 Å². The van der Waals surface area contributed by atoms with Crippen LogP contribution < -0.4 is 5.46 Å². The first-order valence-electron chi connectivity index (χ1n) is 5.90. The van der Waals surface area contributed by atoms with E-state index in [1.165, 1.54) is 12.4 Å². The van der Waals surface area contributed by atoms with E-state index >= 15 is 0 Å². The number of aromatic nitrogens is 2. The standard InChI is InChI=1S/C11H17BN2O4S/c1-10(2)11(3,4)18-12(17-10)8-6-13-9(14-7-8)19(5,15)16/h6-7H,1-5H3. The summed E-state index contributed by atoms with van der Waals surface area (Å²) in [5.41, 5.74) is -0.300. The van der Waals surface area contributed by atoms with Crippen molar-refractivity contribution in [2.75, 3.05) is 6.26 Å². The first-order chi connectivity index (χ1) is 8.53. The zero-order valence-corrected chi connectivity index (χ0v) is 12.5. The second kappa shape index (κ2) is 4.26. The number of hydrogen-bond donors (Lipinski definition) is 0. The van der Waals surface area contributed by atoms with Gasteiger partial charge in [-0.3, -0.25) is 0 Å². The van der Waals surface area contributed by atoms with Gasteiger partial charge >= 0.3 is 7.12 Å². The third-order valence-corrected chi connectivity index (χ3v) is 4.38. The normalized spacial score (nSPS) is 21.6. The van der Waals surface area contributed by atoms with E-state index in [0.717, 1.165) is 6.26 Å². The fraction of sp³-hybridized carbons (Fsp3) is 0.636. The molecule has 1 fully saturated rings. The summed E-state index contributed by atoms with van der Waals surface area (Å²) in [6.07, 6.45) is 3.91. The molecular formula is C11H17BN2O4S.